The molecule has 4 nitrogen and oxygen atoms in total. The summed E-state index contributed by atoms with van der Waals surface area (Å²) < 4.78 is 0.993. The number of nitrogens with zero attached hydrogens (tertiary/aromatic N) is 2. The Bertz CT molecular complexity index is 456. The van der Waals surface area contributed by atoms with Crippen LogP contribution in [0, 0.1) is 13.8 Å². The molecule has 2 heterocycles. The molecule has 2 aromatic rings. The number of anilines is 1. The normalized spacial score (nSPS) is 10.4. The maximum Gasteiger partial charge on any atom is 0.0825 e. The molecule has 0 atom stereocenters. The van der Waals surface area contributed by atoms with Crippen molar-refractivity contribution in [3.05, 3.63) is 39.9 Å². The van der Waals surface area contributed by atoms with Gasteiger partial charge in [-0.3, -0.25) is 10.1 Å². The fourth-order valence-corrected chi connectivity index (χ4v) is 1.74. The molecule has 0 spiro atoms. The van der Waals surface area contributed by atoms with Crippen LogP contribution in [0.5, 0.6) is 0 Å². The largest absolute Gasteiger partial charge is 0.376 e. The molecule has 16 heavy (non-hydrogen) atoms. The van der Waals surface area contributed by atoms with Gasteiger partial charge in [-0.25, -0.2) is 0 Å². The molecule has 0 unspecified atom stereocenters. The lowest BCUT2D eigenvalue weighted by molar-refractivity contribution is 1.02. The van der Waals surface area contributed by atoms with Gasteiger partial charge in [-0.15, -0.1) is 0 Å². The summed E-state index contributed by atoms with van der Waals surface area (Å²) >= 11 is 3.36. The van der Waals surface area contributed by atoms with Gasteiger partial charge in [-0.1, -0.05) is 0 Å². The van der Waals surface area contributed by atoms with Gasteiger partial charge in [0.2, 0.25) is 0 Å². The first-order chi connectivity index (χ1) is 7.66. The number of hydrogen-bond acceptors (Lipinski definition) is 3. The summed E-state index contributed by atoms with van der Waals surface area (Å²) in [5.41, 5.74) is 4.09. The van der Waals surface area contributed by atoms with Crippen molar-refractivity contribution in [3.8, 4) is 0 Å². The number of rotatable bonds is 3. The first kappa shape index (κ1) is 11.1. The Morgan fingerprint density at radius 2 is 2.19 bits per heavy atom. The SMILES string of the molecule is Cc1n[nH]c(C)c1NCc1ccc(Br)cn1. The number of H-pyrrole nitrogens is 1. The molecule has 2 N–H and O–H groups in total. The van der Waals surface area contributed by atoms with Crippen molar-refractivity contribution in [3.63, 3.8) is 0 Å². The van der Waals surface area contributed by atoms with Gasteiger partial charge >= 0.3 is 0 Å². The van der Waals surface area contributed by atoms with Gasteiger partial charge in [0.1, 0.15) is 0 Å². The first-order valence-electron chi connectivity index (χ1n) is 5.02. The van der Waals surface area contributed by atoms with E-state index in [1.165, 1.54) is 0 Å². The van der Waals surface area contributed by atoms with Crippen molar-refractivity contribution in [2.24, 2.45) is 0 Å². The van der Waals surface area contributed by atoms with Gasteiger partial charge in [0.25, 0.3) is 0 Å². The number of aryl methyl sites for hydroxylation is 2. The monoisotopic (exact) mass is 280 g/mol. The molecule has 0 aliphatic carbocycles. The minimum atomic E-state index is 0.703. The van der Waals surface area contributed by atoms with E-state index >= 15 is 0 Å². The van der Waals surface area contributed by atoms with E-state index in [1.807, 2.05) is 26.0 Å². The zero-order valence-electron chi connectivity index (χ0n) is 9.21. The summed E-state index contributed by atoms with van der Waals surface area (Å²) in [5, 5.41) is 10.4. The van der Waals surface area contributed by atoms with Crippen LogP contribution in [-0.2, 0) is 6.54 Å². The van der Waals surface area contributed by atoms with Gasteiger partial charge in [-0.2, -0.15) is 5.10 Å². The van der Waals surface area contributed by atoms with Crippen molar-refractivity contribution >= 4 is 21.6 Å². The van der Waals surface area contributed by atoms with E-state index in [2.05, 4.69) is 36.4 Å². The second kappa shape index (κ2) is 4.65. The summed E-state index contributed by atoms with van der Waals surface area (Å²) in [6, 6.07) is 3.97. The van der Waals surface area contributed by atoms with Gasteiger partial charge in [0.05, 0.1) is 29.3 Å². The average Bonchev–Trinajstić information content (AvgIpc) is 2.59. The number of halogens is 1. The Morgan fingerprint density at radius 3 is 2.75 bits per heavy atom. The minimum absolute atomic E-state index is 0.703. The molecule has 0 saturated carbocycles. The van der Waals surface area contributed by atoms with Crippen LogP contribution in [0.3, 0.4) is 0 Å². The Hall–Kier alpha value is -1.36. The standard InChI is InChI=1S/C11H13BrN4/c1-7-11(8(2)16-15-7)14-6-10-4-3-9(12)5-13-10/h3-5,14H,6H2,1-2H3,(H,15,16). The van der Waals surface area contributed by atoms with E-state index in [-0.39, 0.29) is 0 Å². The van der Waals surface area contributed by atoms with Crippen molar-refractivity contribution in [1.29, 1.82) is 0 Å². The molecule has 0 amide bonds. The quantitative estimate of drug-likeness (QED) is 0.909. The van der Waals surface area contributed by atoms with Crippen LogP contribution in [0.1, 0.15) is 17.1 Å². The zero-order valence-corrected chi connectivity index (χ0v) is 10.8. The molecule has 0 radical (unpaired) electrons. The Kier molecular flexibility index (Phi) is 3.24. The van der Waals surface area contributed by atoms with Crippen LogP contribution >= 0.6 is 15.9 Å². The number of aromatic amines is 1. The molecule has 0 aliphatic heterocycles. The Labute approximate surface area is 103 Å². The lowest BCUT2D eigenvalue weighted by Crippen LogP contribution is -2.02. The second-order valence-corrected chi connectivity index (χ2v) is 4.55. The lowest BCUT2D eigenvalue weighted by Gasteiger charge is -2.05. The van der Waals surface area contributed by atoms with Crippen LogP contribution in [0.25, 0.3) is 0 Å². The third-order valence-corrected chi connectivity index (χ3v) is 2.83. The summed E-state index contributed by atoms with van der Waals surface area (Å²) in [4.78, 5) is 4.30. The first-order valence-corrected chi connectivity index (χ1v) is 5.82. The molecule has 0 saturated heterocycles. The van der Waals surface area contributed by atoms with E-state index < -0.39 is 0 Å². The van der Waals surface area contributed by atoms with Gasteiger partial charge in [0.15, 0.2) is 0 Å². The number of pyridine rings is 1. The van der Waals surface area contributed by atoms with E-state index in [9.17, 15) is 0 Å². The predicted octanol–water partition coefficient (Wildman–Crippen LogP) is 2.80. The van der Waals surface area contributed by atoms with Crippen LogP contribution in [0.4, 0.5) is 5.69 Å². The zero-order chi connectivity index (χ0) is 11.5. The molecule has 2 aromatic heterocycles. The van der Waals surface area contributed by atoms with Gasteiger partial charge in [0, 0.05) is 10.7 Å². The predicted molar refractivity (Wildman–Crippen MR) is 67.3 cm³/mol. The molecular weight excluding hydrogens is 268 g/mol. The van der Waals surface area contributed by atoms with Crippen LogP contribution in [0.2, 0.25) is 0 Å². The van der Waals surface area contributed by atoms with Crippen molar-refractivity contribution in [2.45, 2.75) is 20.4 Å². The van der Waals surface area contributed by atoms with Crippen molar-refractivity contribution in [2.75, 3.05) is 5.32 Å². The highest BCUT2D eigenvalue weighted by molar-refractivity contribution is 9.10. The molecular formula is C11H13BrN4. The number of aromatic nitrogens is 3. The molecule has 0 fully saturated rings. The Morgan fingerprint density at radius 1 is 1.38 bits per heavy atom. The smallest absolute Gasteiger partial charge is 0.0825 e. The highest BCUT2D eigenvalue weighted by Gasteiger charge is 2.05. The van der Waals surface area contributed by atoms with Crippen LogP contribution in [-0.4, -0.2) is 15.2 Å². The molecule has 5 heteroatoms. The molecule has 0 aliphatic rings. The van der Waals surface area contributed by atoms with Gasteiger partial charge in [-0.05, 0) is 41.9 Å². The third-order valence-electron chi connectivity index (χ3n) is 2.36. The topological polar surface area (TPSA) is 53.6 Å². The van der Waals surface area contributed by atoms with E-state index in [4.69, 9.17) is 0 Å². The number of nitrogens with one attached hydrogen (secondary N) is 2. The maximum absolute atomic E-state index is 4.30. The molecule has 2 rings (SSSR count). The third kappa shape index (κ3) is 2.41. The minimum Gasteiger partial charge on any atom is -0.376 e. The summed E-state index contributed by atoms with van der Waals surface area (Å²) in [6.07, 6.45) is 1.80. The molecule has 0 bridgehead atoms. The fraction of sp³-hybridized carbons (Fsp3) is 0.273. The van der Waals surface area contributed by atoms with E-state index in [0.717, 1.165) is 27.2 Å². The average molecular weight is 281 g/mol. The maximum atomic E-state index is 4.30. The van der Waals surface area contributed by atoms with Crippen molar-refractivity contribution < 1.29 is 0 Å². The summed E-state index contributed by atoms with van der Waals surface area (Å²) in [7, 11) is 0. The van der Waals surface area contributed by atoms with Crippen LogP contribution < -0.4 is 5.32 Å². The van der Waals surface area contributed by atoms with E-state index in [1.54, 1.807) is 6.20 Å². The molecule has 0 aromatic carbocycles. The van der Waals surface area contributed by atoms with Crippen LogP contribution in [0.15, 0.2) is 22.8 Å². The summed E-state index contributed by atoms with van der Waals surface area (Å²) in [5.74, 6) is 0. The second-order valence-electron chi connectivity index (χ2n) is 3.63. The van der Waals surface area contributed by atoms with Gasteiger partial charge < -0.3 is 5.32 Å². The summed E-state index contributed by atoms with van der Waals surface area (Å²) in [6.45, 7) is 4.67. The Balaban J connectivity index is 2.05. The fourth-order valence-electron chi connectivity index (χ4n) is 1.50. The van der Waals surface area contributed by atoms with E-state index in [0.29, 0.717) is 6.54 Å². The number of hydrogen-bond donors (Lipinski definition) is 2. The highest BCUT2D eigenvalue weighted by atomic mass is 79.9. The van der Waals surface area contributed by atoms with Crippen molar-refractivity contribution in [1.82, 2.24) is 15.2 Å². The highest BCUT2D eigenvalue weighted by Crippen LogP contribution is 2.17. The lowest BCUT2D eigenvalue weighted by atomic mass is 10.3. The molecule has 84 valence electrons.